The molecular formula is C25H20ClN3O5. The highest BCUT2D eigenvalue weighted by Gasteiger charge is 2.44. The van der Waals surface area contributed by atoms with E-state index in [-0.39, 0.29) is 24.2 Å². The van der Waals surface area contributed by atoms with Crippen molar-refractivity contribution in [2.75, 3.05) is 4.90 Å². The maximum atomic E-state index is 13.5. The number of anilines is 1. The maximum absolute atomic E-state index is 13.5. The lowest BCUT2D eigenvalue weighted by Gasteiger charge is -2.28. The molecule has 1 atom stereocenters. The fourth-order valence-electron chi connectivity index (χ4n) is 3.85. The highest BCUT2D eigenvalue weighted by atomic mass is 35.5. The molecule has 0 spiro atoms. The second-order valence-corrected chi connectivity index (χ2v) is 8.36. The van der Waals surface area contributed by atoms with Crippen molar-refractivity contribution >= 4 is 40.7 Å². The Hall–Kier alpha value is -4.04. The van der Waals surface area contributed by atoms with E-state index in [0.29, 0.717) is 16.3 Å². The van der Waals surface area contributed by atoms with Crippen LogP contribution in [0, 0.1) is 17.0 Å². The largest absolute Gasteiger partial charge is 0.322 e. The number of benzene rings is 3. The number of rotatable bonds is 6. The van der Waals surface area contributed by atoms with Crippen LogP contribution in [0.2, 0.25) is 5.02 Å². The van der Waals surface area contributed by atoms with Crippen LogP contribution in [0.5, 0.6) is 0 Å². The predicted molar refractivity (Wildman–Crippen MR) is 126 cm³/mol. The highest BCUT2D eigenvalue weighted by Crippen LogP contribution is 2.29. The summed E-state index contributed by atoms with van der Waals surface area (Å²) in [6.45, 7) is 1.88. The second-order valence-electron chi connectivity index (χ2n) is 7.95. The van der Waals surface area contributed by atoms with Crippen LogP contribution in [0.15, 0.2) is 72.8 Å². The molecule has 1 unspecified atom stereocenters. The van der Waals surface area contributed by atoms with E-state index in [9.17, 15) is 24.5 Å². The highest BCUT2D eigenvalue weighted by molar-refractivity contribution is 6.31. The van der Waals surface area contributed by atoms with Gasteiger partial charge in [0.1, 0.15) is 6.04 Å². The van der Waals surface area contributed by atoms with Gasteiger partial charge in [-0.25, -0.2) is 4.90 Å². The molecule has 0 radical (unpaired) electrons. The lowest BCUT2D eigenvalue weighted by atomic mass is 10.1. The van der Waals surface area contributed by atoms with Gasteiger partial charge < -0.3 is 4.90 Å². The monoisotopic (exact) mass is 477 g/mol. The minimum Gasteiger partial charge on any atom is -0.322 e. The van der Waals surface area contributed by atoms with Gasteiger partial charge in [0, 0.05) is 29.3 Å². The first kappa shape index (κ1) is 23.1. The van der Waals surface area contributed by atoms with E-state index in [1.807, 2.05) is 6.92 Å². The van der Waals surface area contributed by atoms with Crippen molar-refractivity contribution in [3.05, 3.63) is 105 Å². The van der Waals surface area contributed by atoms with Crippen LogP contribution in [0.4, 0.5) is 11.4 Å². The summed E-state index contributed by atoms with van der Waals surface area (Å²) in [6, 6.07) is 17.9. The molecule has 0 aromatic heterocycles. The van der Waals surface area contributed by atoms with Gasteiger partial charge in [0.2, 0.25) is 5.91 Å². The van der Waals surface area contributed by atoms with E-state index in [0.717, 1.165) is 10.5 Å². The fraction of sp³-hybridized carbons (Fsp3) is 0.160. The molecule has 172 valence electrons. The number of nitro groups is 1. The number of non-ortho nitro benzene ring substituents is 1. The van der Waals surface area contributed by atoms with Gasteiger partial charge in [-0.1, -0.05) is 47.5 Å². The predicted octanol–water partition coefficient (Wildman–Crippen LogP) is 4.53. The summed E-state index contributed by atoms with van der Waals surface area (Å²) < 4.78 is 0. The molecule has 3 aromatic carbocycles. The molecule has 0 N–H and O–H groups in total. The molecule has 8 nitrogen and oxygen atoms in total. The maximum Gasteiger partial charge on any atom is 0.269 e. The zero-order valence-electron chi connectivity index (χ0n) is 18.2. The van der Waals surface area contributed by atoms with Crippen molar-refractivity contribution in [2.45, 2.75) is 25.9 Å². The molecule has 9 heteroatoms. The van der Waals surface area contributed by atoms with Crippen LogP contribution in [0.3, 0.4) is 0 Å². The van der Waals surface area contributed by atoms with Crippen molar-refractivity contribution in [1.29, 1.82) is 0 Å². The van der Waals surface area contributed by atoms with E-state index in [4.69, 9.17) is 11.6 Å². The number of hydrogen-bond donors (Lipinski definition) is 0. The van der Waals surface area contributed by atoms with Gasteiger partial charge in [0.05, 0.1) is 17.0 Å². The average molecular weight is 478 g/mol. The molecule has 1 aliphatic heterocycles. The Bertz CT molecular complexity index is 1270. The number of aryl methyl sites for hydroxylation is 1. The van der Waals surface area contributed by atoms with E-state index in [1.165, 1.54) is 29.2 Å². The number of hydrogen-bond acceptors (Lipinski definition) is 5. The molecule has 4 rings (SSSR count). The standard InChI is InChI=1S/C25H20ClN3O5/c1-16-6-10-19(11-7-16)28-23(30)14-22(25(28)32)27(15-18-4-2-3-5-21(18)26)24(31)17-8-12-20(13-9-17)29(33)34/h2-13,22H,14-15H2,1H3. The summed E-state index contributed by atoms with van der Waals surface area (Å²) in [5, 5.41) is 11.4. The number of carbonyl (C=O) groups excluding carboxylic acids is 3. The molecule has 0 bridgehead atoms. The van der Waals surface area contributed by atoms with Gasteiger partial charge in [0.25, 0.3) is 17.5 Å². The third-order valence-corrected chi connectivity index (χ3v) is 6.04. The Balaban J connectivity index is 1.70. The topological polar surface area (TPSA) is 101 Å². The van der Waals surface area contributed by atoms with E-state index in [2.05, 4.69) is 0 Å². The zero-order chi connectivity index (χ0) is 24.4. The van der Waals surface area contributed by atoms with Gasteiger partial charge in [-0.2, -0.15) is 0 Å². The normalized spacial score (nSPS) is 15.5. The molecule has 1 aliphatic rings. The number of amides is 3. The van der Waals surface area contributed by atoms with Crippen LogP contribution in [-0.2, 0) is 16.1 Å². The van der Waals surface area contributed by atoms with Crippen molar-refractivity contribution in [2.24, 2.45) is 0 Å². The Kier molecular flexibility index (Phi) is 6.43. The molecule has 34 heavy (non-hydrogen) atoms. The summed E-state index contributed by atoms with van der Waals surface area (Å²) in [5.41, 5.74) is 2.02. The number of nitro benzene ring substituents is 1. The number of nitrogens with zero attached hydrogens (tertiary/aromatic N) is 3. The SMILES string of the molecule is Cc1ccc(N2C(=O)CC(N(Cc3ccccc3Cl)C(=O)c3ccc([N+](=O)[O-])cc3)C2=O)cc1. The first-order valence-electron chi connectivity index (χ1n) is 10.5. The lowest BCUT2D eigenvalue weighted by molar-refractivity contribution is -0.384. The quantitative estimate of drug-likeness (QED) is 0.295. The Morgan fingerprint density at radius 2 is 1.71 bits per heavy atom. The van der Waals surface area contributed by atoms with Crippen LogP contribution in [0.25, 0.3) is 0 Å². The van der Waals surface area contributed by atoms with E-state index in [1.54, 1.807) is 48.5 Å². The fourth-order valence-corrected chi connectivity index (χ4v) is 4.05. The molecule has 1 heterocycles. The van der Waals surface area contributed by atoms with Crippen molar-refractivity contribution in [1.82, 2.24) is 4.90 Å². The number of carbonyl (C=O) groups is 3. The zero-order valence-corrected chi connectivity index (χ0v) is 18.9. The minimum absolute atomic E-state index is 0.0130. The summed E-state index contributed by atoms with van der Waals surface area (Å²) in [5.74, 6) is -1.47. The van der Waals surface area contributed by atoms with Gasteiger partial charge in [-0.3, -0.25) is 24.5 Å². The minimum atomic E-state index is -1.05. The summed E-state index contributed by atoms with van der Waals surface area (Å²) >= 11 is 6.31. The van der Waals surface area contributed by atoms with Gasteiger partial charge in [-0.15, -0.1) is 0 Å². The molecule has 3 amide bonds. The van der Waals surface area contributed by atoms with Gasteiger partial charge in [-0.05, 0) is 42.8 Å². The van der Waals surface area contributed by atoms with Gasteiger partial charge in [0.15, 0.2) is 0 Å². The molecule has 1 fully saturated rings. The van der Waals surface area contributed by atoms with E-state index < -0.39 is 28.7 Å². The first-order valence-corrected chi connectivity index (χ1v) is 10.9. The summed E-state index contributed by atoms with van der Waals surface area (Å²) in [6.07, 6.45) is -0.185. The van der Waals surface area contributed by atoms with E-state index >= 15 is 0 Å². The van der Waals surface area contributed by atoms with Crippen molar-refractivity contribution in [3.63, 3.8) is 0 Å². The van der Waals surface area contributed by atoms with Crippen LogP contribution >= 0.6 is 11.6 Å². The van der Waals surface area contributed by atoms with Crippen molar-refractivity contribution < 1.29 is 19.3 Å². The molecule has 3 aromatic rings. The van der Waals surface area contributed by atoms with Crippen LogP contribution < -0.4 is 4.90 Å². The van der Waals surface area contributed by atoms with Crippen LogP contribution in [-0.4, -0.2) is 33.6 Å². The summed E-state index contributed by atoms with van der Waals surface area (Å²) in [7, 11) is 0. The third kappa shape index (κ3) is 4.53. The average Bonchev–Trinajstić information content (AvgIpc) is 3.12. The Morgan fingerprint density at radius 1 is 1.06 bits per heavy atom. The van der Waals surface area contributed by atoms with Crippen LogP contribution in [0.1, 0.15) is 27.9 Å². The Morgan fingerprint density at radius 3 is 2.32 bits per heavy atom. The molecular weight excluding hydrogens is 458 g/mol. The smallest absolute Gasteiger partial charge is 0.269 e. The van der Waals surface area contributed by atoms with Crippen molar-refractivity contribution in [3.8, 4) is 0 Å². The second kappa shape index (κ2) is 9.44. The lowest BCUT2D eigenvalue weighted by Crippen LogP contribution is -2.45. The number of halogens is 1. The third-order valence-electron chi connectivity index (χ3n) is 5.68. The Labute approximate surface area is 200 Å². The molecule has 0 saturated carbocycles. The molecule has 0 aliphatic carbocycles. The summed E-state index contributed by atoms with van der Waals surface area (Å²) in [4.78, 5) is 52.5. The first-order chi connectivity index (χ1) is 16.3. The molecule has 1 saturated heterocycles. The van der Waals surface area contributed by atoms with Gasteiger partial charge >= 0.3 is 0 Å². The number of imide groups is 1.